The number of rotatable bonds is 3. The number of hydrogen-bond acceptors (Lipinski definition) is 5. The molecule has 0 unspecified atom stereocenters. The van der Waals surface area contributed by atoms with Crippen LogP contribution in [0.4, 0.5) is 5.69 Å². The Morgan fingerprint density at radius 1 is 1.32 bits per heavy atom. The summed E-state index contributed by atoms with van der Waals surface area (Å²) in [4.78, 5) is 37.4. The lowest BCUT2D eigenvalue weighted by molar-refractivity contribution is -0.154. The van der Waals surface area contributed by atoms with Gasteiger partial charge in [-0.25, -0.2) is 5.01 Å². The highest BCUT2D eigenvalue weighted by Gasteiger charge is 2.56. The summed E-state index contributed by atoms with van der Waals surface area (Å²) in [5.41, 5.74) is 0.747. The van der Waals surface area contributed by atoms with Crippen molar-refractivity contribution >= 4 is 40.7 Å². The predicted molar refractivity (Wildman–Crippen MR) is 96.4 cm³/mol. The van der Waals surface area contributed by atoms with Gasteiger partial charge in [0.1, 0.15) is 11.6 Å². The maximum absolute atomic E-state index is 12.8. The number of benzene rings is 1. The monoisotopic (exact) mass is 360 g/mol. The molecule has 7 nitrogen and oxygen atoms in total. The summed E-state index contributed by atoms with van der Waals surface area (Å²) in [5, 5.41) is 8.05. The van der Waals surface area contributed by atoms with Crippen LogP contribution in [0, 0.1) is 0 Å². The van der Waals surface area contributed by atoms with E-state index in [0.29, 0.717) is 5.69 Å². The molecule has 0 bridgehead atoms. The number of thiocarbonyl (C=S) groups is 1. The quantitative estimate of drug-likeness (QED) is 0.792. The van der Waals surface area contributed by atoms with Crippen molar-refractivity contribution in [1.82, 2.24) is 15.3 Å². The average Bonchev–Trinajstić information content (AvgIpc) is 2.93. The Bertz CT molecular complexity index is 760. The van der Waals surface area contributed by atoms with Crippen LogP contribution in [-0.4, -0.2) is 44.4 Å². The van der Waals surface area contributed by atoms with Gasteiger partial charge in [-0.1, -0.05) is 19.1 Å². The molecule has 2 fully saturated rings. The first-order valence-electron chi connectivity index (χ1n) is 8.13. The van der Waals surface area contributed by atoms with Crippen LogP contribution >= 0.6 is 12.2 Å². The van der Waals surface area contributed by atoms with Crippen molar-refractivity contribution in [3.8, 4) is 0 Å². The molecule has 0 aliphatic carbocycles. The molecular weight excluding hydrogens is 340 g/mol. The fourth-order valence-corrected chi connectivity index (χ4v) is 3.39. The van der Waals surface area contributed by atoms with Crippen LogP contribution in [0.5, 0.6) is 0 Å². The van der Waals surface area contributed by atoms with Gasteiger partial charge in [-0.05, 0) is 50.2 Å². The third-order valence-electron chi connectivity index (χ3n) is 4.59. The summed E-state index contributed by atoms with van der Waals surface area (Å²) >= 11 is 5.10. The molecule has 2 heterocycles. The number of hydrogen-bond donors (Lipinski definition) is 2. The van der Waals surface area contributed by atoms with Gasteiger partial charge in [-0.15, -0.1) is 0 Å². The normalized spacial score (nSPS) is 22.6. The zero-order valence-electron chi connectivity index (χ0n) is 14.3. The van der Waals surface area contributed by atoms with Crippen LogP contribution in [0.2, 0.25) is 0 Å². The summed E-state index contributed by atoms with van der Waals surface area (Å²) < 4.78 is 0. The fourth-order valence-electron chi connectivity index (χ4n) is 3.11. The molecule has 25 heavy (non-hydrogen) atoms. The third kappa shape index (κ3) is 2.91. The number of hydrazine groups is 1. The largest absolute Gasteiger partial charge is 0.325 e. The zero-order valence-corrected chi connectivity index (χ0v) is 15.1. The van der Waals surface area contributed by atoms with Crippen LogP contribution in [0.1, 0.15) is 32.8 Å². The van der Waals surface area contributed by atoms with Crippen molar-refractivity contribution in [3.63, 3.8) is 0 Å². The van der Waals surface area contributed by atoms with Crippen LogP contribution < -0.4 is 10.6 Å². The molecule has 0 radical (unpaired) electrons. The summed E-state index contributed by atoms with van der Waals surface area (Å²) in [6.45, 7) is 5.37. The van der Waals surface area contributed by atoms with Gasteiger partial charge in [-0.3, -0.25) is 19.7 Å². The van der Waals surface area contributed by atoms with E-state index in [1.807, 2.05) is 24.3 Å². The standard InChI is InChI=1S/C17H20N4O3S/c1-4-10-5-7-11(8-6-10)18-14(23)12-9-13(22)20-16(25)19-15(24)17(2,3)21(12)20/h5-8,12H,4,9H2,1-3H3,(H,18,23)(H,19,24,25)/t12-/m1/s1. The molecule has 2 saturated heterocycles. The first kappa shape index (κ1) is 17.5. The van der Waals surface area contributed by atoms with Crippen molar-refractivity contribution in [3.05, 3.63) is 29.8 Å². The molecule has 132 valence electrons. The van der Waals surface area contributed by atoms with Gasteiger partial charge >= 0.3 is 0 Å². The lowest BCUT2D eigenvalue weighted by atomic mass is 10.00. The molecule has 1 aromatic rings. The lowest BCUT2D eigenvalue weighted by Crippen LogP contribution is -2.71. The third-order valence-corrected chi connectivity index (χ3v) is 4.86. The van der Waals surface area contributed by atoms with Gasteiger partial charge in [0, 0.05) is 5.69 Å². The average molecular weight is 360 g/mol. The maximum Gasteiger partial charge on any atom is 0.248 e. The second-order valence-electron chi connectivity index (χ2n) is 6.63. The Morgan fingerprint density at radius 3 is 2.56 bits per heavy atom. The SMILES string of the molecule is CCc1ccc(NC(=O)[C@H]2CC(=O)N3C(=S)NC(=O)C(C)(C)N23)cc1. The van der Waals surface area contributed by atoms with Crippen molar-refractivity contribution in [1.29, 1.82) is 0 Å². The summed E-state index contributed by atoms with van der Waals surface area (Å²) in [6.07, 6.45) is 0.881. The molecule has 0 spiro atoms. The van der Waals surface area contributed by atoms with Crippen molar-refractivity contribution in [2.45, 2.75) is 45.2 Å². The molecular formula is C17H20N4O3S. The molecule has 2 N–H and O–H groups in total. The summed E-state index contributed by atoms with van der Waals surface area (Å²) in [7, 11) is 0. The molecule has 2 aliphatic rings. The lowest BCUT2D eigenvalue weighted by Gasteiger charge is -2.45. The minimum atomic E-state index is -1.07. The number of nitrogens with zero attached hydrogens (tertiary/aromatic N) is 2. The minimum absolute atomic E-state index is 0.0110. The zero-order chi connectivity index (χ0) is 18.4. The van der Waals surface area contributed by atoms with E-state index in [-0.39, 0.29) is 29.3 Å². The van der Waals surface area contributed by atoms with Crippen molar-refractivity contribution in [2.24, 2.45) is 0 Å². The molecule has 3 amide bonds. The van der Waals surface area contributed by atoms with E-state index in [1.165, 1.54) is 15.6 Å². The number of fused-ring (bicyclic) bond motifs is 1. The maximum atomic E-state index is 12.8. The smallest absolute Gasteiger partial charge is 0.248 e. The number of aryl methyl sites for hydroxylation is 1. The van der Waals surface area contributed by atoms with Crippen LogP contribution in [0.3, 0.4) is 0 Å². The fraction of sp³-hybridized carbons (Fsp3) is 0.412. The number of carbonyl (C=O) groups is 3. The highest BCUT2D eigenvalue weighted by atomic mass is 32.1. The van der Waals surface area contributed by atoms with E-state index in [0.717, 1.165) is 6.42 Å². The Kier molecular flexibility index (Phi) is 4.34. The molecule has 1 aromatic carbocycles. The Labute approximate surface area is 151 Å². The number of carbonyl (C=O) groups excluding carboxylic acids is 3. The van der Waals surface area contributed by atoms with Crippen LogP contribution in [-0.2, 0) is 20.8 Å². The van der Waals surface area contributed by atoms with Gasteiger partial charge in [0.15, 0.2) is 5.11 Å². The van der Waals surface area contributed by atoms with Gasteiger partial charge in [0.05, 0.1) is 6.42 Å². The molecule has 0 aromatic heterocycles. The Balaban J connectivity index is 1.85. The molecule has 1 atom stereocenters. The molecule has 0 saturated carbocycles. The van der Waals surface area contributed by atoms with Gasteiger partial charge < -0.3 is 5.32 Å². The highest BCUT2D eigenvalue weighted by molar-refractivity contribution is 7.80. The predicted octanol–water partition coefficient (Wildman–Crippen LogP) is 1.20. The number of amides is 3. The van der Waals surface area contributed by atoms with Gasteiger partial charge in [0.25, 0.3) is 0 Å². The van der Waals surface area contributed by atoms with E-state index in [2.05, 4.69) is 17.6 Å². The Morgan fingerprint density at radius 2 is 1.96 bits per heavy atom. The number of anilines is 1. The van der Waals surface area contributed by atoms with E-state index in [9.17, 15) is 14.4 Å². The van der Waals surface area contributed by atoms with Crippen molar-refractivity contribution < 1.29 is 14.4 Å². The van der Waals surface area contributed by atoms with Gasteiger partial charge in [0.2, 0.25) is 17.7 Å². The topological polar surface area (TPSA) is 81.8 Å². The van der Waals surface area contributed by atoms with Gasteiger partial charge in [-0.2, -0.15) is 5.01 Å². The van der Waals surface area contributed by atoms with E-state index < -0.39 is 11.6 Å². The second-order valence-corrected chi connectivity index (χ2v) is 7.01. The first-order valence-corrected chi connectivity index (χ1v) is 8.54. The number of nitrogens with one attached hydrogen (secondary N) is 2. The second kappa shape index (κ2) is 6.20. The molecule has 3 rings (SSSR count). The molecule has 2 aliphatic heterocycles. The highest BCUT2D eigenvalue weighted by Crippen LogP contribution is 2.32. The Hall–Kier alpha value is -2.32. The van der Waals surface area contributed by atoms with Crippen molar-refractivity contribution in [2.75, 3.05) is 5.32 Å². The van der Waals surface area contributed by atoms with Crippen LogP contribution in [0.25, 0.3) is 0 Å². The van der Waals surface area contributed by atoms with E-state index in [1.54, 1.807) is 13.8 Å². The summed E-state index contributed by atoms with van der Waals surface area (Å²) in [6, 6.07) is 6.73. The molecule has 8 heteroatoms. The van der Waals surface area contributed by atoms with E-state index >= 15 is 0 Å². The first-order chi connectivity index (χ1) is 11.8. The van der Waals surface area contributed by atoms with Crippen LogP contribution in [0.15, 0.2) is 24.3 Å². The minimum Gasteiger partial charge on any atom is -0.325 e. The summed E-state index contributed by atoms with van der Waals surface area (Å²) in [5.74, 6) is -0.987. The van der Waals surface area contributed by atoms with E-state index in [4.69, 9.17) is 12.2 Å².